The summed E-state index contributed by atoms with van der Waals surface area (Å²) in [5.41, 5.74) is -0.228. The molecule has 0 amide bonds. The largest absolute Gasteiger partial charge is 0.279 e. The van der Waals surface area contributed by atoms with Gasteiger partial charge in [-0.25, -0.2) is 30.0 Å². The van der Waals surface area contributed by atoms with Crippen molar-refractivity contribution in [1.29, 1.82) is 0 Å². The Balaban J connectivity index is 1.97. The summed E-state index contributed by atoms with van der Waals surface area (Å²) in [6.45, 7) is 0.628. The maximum Gasteiger partial charge on any atom is 0.264 e. The van der Waals surface area contributed by atoms with Gasteiger partial charge in [0.25, 0.3) is 10.0 Å². The summed E-state index contributed by atoms with van der Waals surface area (Å²) >= 11 is 6.02. The molecule has 158 valence electrons. The van der Waals surface area contributed by atoms with Crippen LogP contribution in [0, 0.1) is 17.5 Å². The van der Waals surface area contributed by atoms with E-state index < -0.39 is 42.4 Å². The van der Waals surface area contributed by atoms with E-state index in [-0.39, 0.29) is 15.6 Å². The standard InChI is InChI=1S/C17H16ClF3N2O4S2/c18-12-5-4-11(10-15(12)29(26,27)23-8-2-1-3-9-23)22-28(24,25)14-7-6-13(19)16(20)17(14)21/h4-7,10,22H,1-3,8-9H2. The maximum atomic E-state index is 13.9. The van der Waals surface area contributed by atoms with Gasteiger partial charge in [-0.15, -0.1) is 0 Å². The number of piperidine rings is 1. The monoisotopic (exact) mass is 468 g/mol. The fourth-order valence-electron chi connectivity index (χ4n) is 2.93. The predicted octanol–water partition coefficient (Wildman–Crippen LogP) is 3.73. The van der Waals surface area contributed by atoms with Crippen LogP contribution in [0.2, 0.25) is 5.02 Å². The molecule has 12 heteroatoms. The second-order valence-electron chi connectivity index (χ2n) is 6.39. The van der Waals surface area contributed by atoms with Crippen molar-refractivity contribution in [2.75, 3.05) is 17.8 Å². The second-order valence-corrected chi connectivity index (χ2v) is 10.4. The number of nitrogens with zero attached hydrogens (tertiary/aromatic N) is 1. The lowest BCUT2D eigenvalue weighted by Gasteiger charge is -2.26. The van der Waals surface area contributed by atoms with Gasteiger partial charge in [-0.1, -0.05) is 18.0 Å². The molecule has 1 N–H and O–H groups in total. The number of rotatable bonds is 5. The van der Waals surface area contributed by atoms with Gasteiger partial charge in [0.2, 0.25) is 10.0 Å². The van der Waals surface area contributed by atoms with Crippen LogP contribution in [0.4, 0.5) is 18.9 Å². The Hall–Kier alpha value is -1.82. The first-order chi connectivity index (χ1) is 13.5. The summed E-state index contributed by atoms with van der Waals surface area (Å²) < 4.78 is 94.0. The molecule has 1 fully saturated rings. The highest BCUT2D eigenvalue weighted by molar-refractivity contribution is 7.92. The van der Waals surface area contributed by atoms with Gasteiger partial charge in [-0.2, -0.15) is 4.31 Å². The third kappa shape index (κ3) is 4.37. The molecule has 0 atom stereocenters. The normalized spacial score (nSPS) is 16.0. The van der Waals surface area contributed by atoms with Gasteiger partial charge in [-0.05, 0) is 43.2 Å². The van der Waals surface area contributed by atoms with Crippen LogP contribution < -0.4 is 4.72 Å². The summed E-state index contributed by atoms with van der Waals surface area (Å²) in [6, 6.07) is 4.39. The molecule has 0 saturated carbocycles. The van der Waals surface area contributed by atoms with E-state index in [2.05, 4.69) is 0 Å². The molecular formula is C17H16ClF3N2O4S2. The molecule has 6 nitrogen and oxygen atoms in total. The summed E-state index contributed by atoms with van der Waals surface area (Å²) in [5, 5.41) is -0.113. The molecule has 3 rings (SSSR count). The number of sulfonamides is 2. The van der Waals surface area contributed by atoms with Gasteiger partial charge in [0, 0.05) is 13.1 Å². The van der Waals surface area contributed by atoms with Crippen LogP contribution >= 0.6 is 11.6 Å². The minimum absolute atomic E-state index is 0.113. The van der Waals surface area contributed by atoms with Crippen molar-refractivity contribution in [3.05, 3.63) is 52.8 Å². The first-order valence-electron chi connectivity index (χ1n) is 8.50. The van der Waals surface area contributed by atoms with E-state index in [0.29, 0.717) is 38.1 Å². The Kier molecular flexibility index (Phi) is 6.13. The van der Waals surface area contributed by atoms with Crippen molar-refractivity contribution in [3.8, 4) is 0 Å². The average Bonchev–Trinajstić information content (AvgIpc) is 2.68. The number of halogens is 4. The third-order valence-corrected chi connectivity index (χ3v) is 8.18. The smallest absolute Gasteiger partial charge is 0.264 e. The Morgan fingerprint density at radius 3 is 2.17 bits per heavy atom. The van der Waals surface area contributed by atoms with Crippen molar-refractivity contribution in [1.82, 2.24) is 4.31 Å². The molecule has 0 spiro atoms. The fraction of sp³-hybridized carbons (Fsp3) is 0.294. The van der Waals surface area contributed by atoms with E-state index in [1.54, 1.807) is 0 Å². The third-order valence-electron chi connectivity index (χ3n) is 4.41. The van der Waals surface area contributed by atoms with Crippen molar-refractivity contribution in [2.45, 2.75) is 29.1 Å². The van der Waals surface area contributed by atoms with Crippen molar-refractivity contribution in [2.24, 2.45) is 0 Å². The zero-order chi connectivity index (χ0) is 21.4. The number of anilines is 1. The molecular weight excluding hydrogens is 453 g/mol. The van der Waals surface area contributed by atoms with Crippen LogP contribution in [-0.2, 0) is 20.0 Å². The molecule has 29 heavy (non-hydrogen) atoms. The molecule has 0 radical (unpaired) electrons. The molecule has 0 bridgehead atoms. The maximum absolute atomic E-state index is 13.9. The first-order valence-corrected chi connectivity index (χ1v) is 11.8. The topological polar surface area (TPSA) is 83.5 Å². The molecule has 1 heterocycles. The van der Waals surface area contributed by atoms with E-state index in [9.17, 15) is 30.0 Å². The minimum Gasteiger partial charge on any atom is -0.279 e. The summed E-state index contributed by atoms with van der Waals surface area (Å²) in [7, 11) is -8.64. The first kappa shape index (κ1) is 21.9. The number of benzene rings is 2. The lowest BCUT2D eigenvalue weighted by molar-refractivity contribution is 0.346. The van der Waals surface area contributed by atoms with Crippen molar-refractivity contribution < 1.29 is 30.0 Å². The molecule has 1 saturated heterocycles. The average molecular weight is 469 g/mol. The van der Waals surface area contributed by atoms with Crippen LogP contribution in [0.1, 0.15) is 19.3 Å². The van der Waals surface area contributed by atoms with Gasteiger partial charge in [-0.3, -0.25) is 4.72 Å². The lowest BCUT2D eigenvalue weighted by atomic mass is 10.2. The minimum atomic E-state index is -4.67. The predicted molar refractivity (Wildman–Crippen MR) is 101 cm³/mol. The summed E-state index contributed by atoms with van der Waals surface area (Å²) in [4.78, 5) is -1.43. The van der Waals surface area contributed by atoms with E-state index in [4.69, 9.17) is 11.6 Å². The van der Waals surface area contributed by atoms with E-state index in [1.807, 2.05) is 4.72 Å². The van der Waals surface area contributed by atoms with Crippen LogP contribution in [0.3, 0.4) is 0 Å². The van der Waals surface area contributed by atoms with Crippen LogP contribution in [0.15, 0.2) is 40.1 Å². The van der Waals surface area contributed by atoms with Crippen LogP contribution in [0.5, 0.6) is 0 Å². The molecule has 1 aliphatic heterocycles. The lowest BCUT2D eigenvalue weighted by Crippen LogP contribution is -2.35. The highest BCUT2D eigenvalue weighted by Crippen LogP contribution is 2.30. The van der Waals surface area contributed by atoms with Crippen LogP contribution in [-0.4, -0.2) is 34.2 Å². The quantitative estimate of drug-likeness (QED) is 0.678. The second kappa shape index (κ2) is 8.13. The highest BCUT2D eigenvalue weighted by Gasteiger charge is 2.29. The molecule has 1 aliphatic rings. The van der Waals surface area contributed by atoms with E-state index in [1.165, 1.54) is 16.4 Å². The van der Waals surface area contributed by atoms with Crippen LogP contribution in [0.25, 0.3) is 0 Å². The van der Waals surface area contributed by atoms with E-state index >= 15 is 0 Å². The number of hydrogen-bond donors (Lipinski definition) is 1. The number of hydrogen-bond acceptors (Lipinski definition) is 4. The highest BCUT2D eigenvalue weighted by atomic mass is 35.5. The zero-order valence-electron chi connectivity index (χ0n) is 14.8. The zero-order valence-corrected chi connectivity index (χ0v) is 17.2. The molecule has 2 aromatic carbocycles. The summed E-state index contributed by atoms with van der Waals surface area (Å²) in [6.07, 6.45) is 2.29. The van der Waals surface area contributed by atoms with Gasteiger partial charge >= 0.3 is 0 Å². The fourth-order valence-corrected chi connectivity index (χ4v) is 6.07. The van der Waals surface area contributed by atoms with Gasteiger partial charge in [0.15, 0.2) is 17.5 Å². The molecule has 2 aromatic rings. The van der Waals surface area contributed by atoms with Crippen molar-refractivity contribution in [3.63, 3.8) is 0 Å². The Labute approximate surface area is 171 Å². The molecule has 0 aliphatic carbocycles. The Morgan fingerprint density at radius 2 is 1.52 bits per heavy atom. The molecule has 0 aromatic heterocycles. The summed E-state index contributed by atoms with van der Waals surface area (Å²) in [5.74, 6) is -5.35. The van der Waals surface area contributed by atoms with Gasteiger partial charge < -0.3 is 0 Å². The van der Waals surface area contributed by atoms with E-state index in [0.717, 1.165) is 12.5 Å². The SMILES string of the molecule is O=S(=O)(Nc1ccc(Cl)c(S(=O)(=O)N2CCCCC2)c1)c1ccc(F)c(F)c1F. The number of nitrogens with one attached hydrogen (secondary N) is 1. The molecule has 0 unspecified atom stereocenters. The Bertz CT molecular complexity index is 1150. The van der Waals surface area contributed by atoms with Crippen molar-refractivity contribution >= 4 is 37.3 Å². The van der Waals surface area contributed by atoms with Gasteiger partial charge in [0.05, 0.1) is 10.7 Å². The Morgan fingerprint density at radius 1 is 0.862 bits per heavy atom. The van der Waals surface area contributed by atoms with Gasteiger partial charge in [0.1, 0.15) is 9.79 Å².